The first-order chi connectivity index (χ1) is 15.8. The normalized spacial score (nSPS) is 10.8. The Morgan fingerprint density at radius 3 is 1.03 bits per heavy atom. The summed E-state index contributed by atoms with van der Waals surface area (Å²) in [5, 5.41) is 0. The van der Waals surface area contributed by atoms with Crippen LogP contribution >= 0.6 is 0 Å². The van der Waals surface area contributed by atoms with Crippen molar-refractivity contribution in [2.45, 2.75) is 181 Å². The highest BCUT2D eigenvalue weighted by Gasteiger charge is 2.02. The topological polar surface area (TPSA) is 61.3 Å². The molecule has 0 aliphatic carbocycles. The average Bonchev–Trinajstić information content (AvgIpc) is 2.80. The molecule has 0 rings (SSSR count). The first kappa shape index (κ1) is 34.6. The van der Waals surface area contributed by atoms with Crippen LogP contribution in [0.2, 0.25) is 0 Å². The van der Waals surface area contributed by atoms with Crippen LogP contribution in [0.5, 0.6) is 0 Å². The van der Waals surface area contributed by atoms with Crippen LogP contribution in [-0.4, -0.2) is 12.6 Å². The zero-order chi connectivity index (χ0) is 23.4. The molecule has 0 saturated heterocycles. The predicted molar refractivity (Wildman–Crippen MR) is 147 cm³/mol. The van der Waals surface area contributed by atoms with E-state index in [2.05, 4.69) is 13.8 Å². The van der Waals surface area contributed by atoms with Crippen LogP contribution in [0.4, 0.5) is 0 Å². The Kier molecular flexibility index (Phi) is 33.0. The Hall–Kier alpha value is -0.570. The molecule has 0 unspecified atom stereocenters. The van der Waals surface area contributed by atoms with Crippen molar-refractivity contribution in [3.05, 3.63) is 0 Å². The van der Waals surface area contributed by atoms with Crippen molar-refractivity contribution in [1.29, 1.82) is 0 Å². The number of ether oxygens (including phenoxy) is 1. The maximum atomic E-state index is 11.8. The number of rotatable bonds is 27. The van der Waals surface area contributed by atoms with Crippen molar-refractivity contribution < 1.29 is 9.53 Å². The van der Waals surface area contributed by atoms with E-state index in [9.17, 15) is 4.79 Å². The van der Waals surface area contributed by atoms with Gasteiger partial charge in [-0.2, -0.15) is 0 Å². The molecule has 0 aromatic rings. The molecule has 0 aliphatic heterocycles. The summed E-state index contributed by atoms with van der Waals surface area (Å²) in [4.78, 5) is 11.8. The molecule has 0 radical (unpaired) electrons. The van der Waals surface area contributed by atoms with Gasteiger partial charge < -0.3 is 10.9 Å². The van der Waals surface area contributed by atoms with Gasteiger partial charge in [-0.1, -0.05) is 162 Å². The fourth-order valence-electron chi connectivity index (χ4n) is 4.49. The molecule has 0 aromatic carbocycles. The summed E-state index contributed by atoms with van der Waals surface area (Å²) < 4.78 is 5.39. The van der Waals surface area contributed by atoms with E-state index in [-0.39, 0.29) is 12.1 Å². The van der Waals surface area contributed by atoms with Gasteiger partial charge in [0.25, 0.3) is 0 Å². The van der Waals surface area contributed by atoms with Gasteiger partial charge in [0.15, 0.2) is 0 Å². The fraction of sp³-hybridized carbons (Fsp3) is 0.967. The van der Waals surface area contributed by atoms with Gasteiger partial charge >= 0.3 is 5.97 Å². The summed E-state index contributed by atoms with van der Waals surface area (Å²) in [6.45, 7) is 5.19. The Morgan fingerprint density at radius 2 is 0.697 bits per heavy atom. The van der Waals surface area contributed by atoms with Crippen molar-refractivity contribution in [3.8, 4) is 0 Å². The number of carbonyl (C=O) groups is 1. The average molecular weight is 470 g/mol. The third-order valence-electron chi connectivity index (χ3n) is 6.75. The number of esters is 1. The third kappa shape index (κ3) is 31.4. The second kappa shape index (κ2) is 31.4. The van der Waals surface area contributed by atoms with Gasteiger partial charge in [-0.25, -0.2) is 0 Å². The van der Waals surface area contributed by atoms with Gasteiger partial charge in [0.2, 0.25) is 0 Å². The molecule has 33 heavy (non-hydrogen) atoms. The third-order valence-corrected chi connectivity index (χ3v) is 6.75. The molecule has 0 spiro atoms. The molecular formula is C30H63NO2. The van der Waals surface area contributed by atoms with Crippen LogP contribution in [0, 0.1) is 0 Å². The fourth-order valence-corrected chi connectivity index (χ4v) is 4.49. The van der Waals surface area contributed by atoms with E-state index in [0.29, 0.717) is 13.0 Å². The Labute approximate surface area is 209 Å². The Bertz CT molecular complexity index is 359. The van der Waals surface area contributed by atoms with Crippen molar-refractivity contribution in [1.82, 2.24) is 6.15 Å². The van der Waals surface area contributed by atoms with E-state index in [1.54, 1.807) is 0 Å². The minimum Gasteiger partial charge on any atom is -0.466 e. The lowest BCUT2D eigenvalue weighted by atomic mass is 10.0. The van der Waals surface area contributed by atoms with E-state index in [0.717, 1.165) is 12.8 Å². The number of hydrogen-bond donors (Lipinski definition) is 1. The van der Waals surface area contributed by atoms with E-state index in [1.165, 1.54) is 148 Å². The van der Waals surface area contributed by atoms with Crippen molar-refractivity contribution in [2.24, 2.45) is 0 Å². The molecule has 0 atom stereocenters. The first-order valence-electron chi connectivity index (χ1n) is 15.0. The highest BCUT2D eigenvalue weighted by molar-refractivity contribution is 5.69. The molecule has 0 fully saturated rings. The van der Waals surface area contributed by atoms with Gasteiger partial charge in [0.05, 0.1) is 6.61 Å². The molecule has 0 heterocycles. The number of hydrogen-bond acceptors (Lipinski definition) is 3. The zero-order valence-electron chi connectivity index (χ0n) is 23.1. The van der Waals surface area contributed by atoms with Crippen LogP contribution in [0.3, 0.4) is 0 Å². The van der Waals surface area contributed by atoms with Gasteiger partial charge in [-0.15, -0.1) is 0 Å². The summed E-state index contributed by atoms with van der Waals surface area (Å²) in [5.41, 5.74) is 0. The van der Waals surface area contributed by atoms with Crippen molar-refractivity contribution >= 4 is 5.97 Å². The van der Waals surface area contributed by atoms with Crippen LogP contribution in [0.15, 0.2) is 0 Å². The summed E-state index contributed by atoms with van der Waals surface area (Å²) in [6.07, 6.45) is 34.2. The Balaban J connectivity index is 0. The van der Waals surface area contributed by atoms with E-state index >= 15 is 0 Å². The molecule has 3 heteroatoms. The maximum absolute atomic E-state index is 11.8. The van der Waals surface area contributed by atoms with Gasteiger partial charge in [-0.3, -0.25) is 4.79 Å². The van der Waals surface area contributed by atoms with Crippen LogP contribution in [-0.2, 0) is 9.53 Å². The lowest BCUT2D eigenvalue weighted by Crippen LogP contribution is -2.05. The molecule has 0 amide bonds. The summed E-state index contributed by atoms with van der Waals surface area (Å²) in [5.74, 6) is 0.0237. The SMILES string of the molecule is CCCCCCCCCCCCCCCCCC(=O)OCCCCCCCCCCCC.N. The first-order valence-corrected chi connectivity index (χ1v) is 15.0. The standard InChI is InChI=1S/C30H60O2.H3N/c1-3-5-7-9-11-13-15-16-17-18-19-20-22-24-26-28-30(31)32-29-27-25-23-21-14-12-10-8-6-4-2;/h3-29H2,1-2H3;1H3. The smallest absolute Gasteiger partial charge is 0.305 e. The highest BCUT2D eigenvalue weighted by atomic mass is 16.5. The zero-order valence-corrected chi connectivity index (χ0v) is 23.1. The number of carbonyl (C=O) groups excluding carboxylic acids is 1. The van der Waals surface area contributed by atoms with E-state index in [1.807, 2.05) is 0 Å². The highest BCUT2D eigenvalue weighted by Crippen LogP contribution is 2.14. The maximum Gasteiger partial charge on any atom is 0.305 e. The molecular weight excluding hydrogens is 406 g/mol. The number of unbranched alkanes of at least 4 members (excludes halogenated alkanes) is 23. The summed E-state index contributed by atoms with van der Waals surface area (Å²) in [7, 11) is 0. The van der Waals surface area contributed by atoms with Crippen LogP contribution in [0.25, 0.3) is 0 Å². The van der Waals surface area contributed by atoms with Crippen molar-refractivity contribution in [3.63, 3.8) is 0 Å². The minimum atomic E-state index is 0. The van der Waals surface area contributed by atoms with E-state index in [4.69, 9.17) is 4.74 Å². The molecule has 0 aromatic heterocycles. The molecule has 0 saturated carbocycles. The predicted octanol–water partition coefficient (Wildman–Crippen LogP) is 10.9. The molecule has 0 bridgehead atoms. The second-order valence-electron chi connectivity index (χ2n) is 10.1. The van der Waals surface area contributed by atoms with Gasteiger partial charge in [0.1, 0.15) is 0 Å². The van der Waals surface area contributed by atoms with Crippen LogP contribution < -0.4 is 6.15 Å². The lowest BCUT2D eigenvalue weighted by molar-refractivity contribution is -0.143. The van der Waals surface area contributed by atoms with Crippen LogP contribution in [0.1, 0.15) is 181 Å². The largest absolute Gasteiger partial charge is 0.466 e. The molecule has 3 N–H and O–H groups in total. The van der Waals surface area contributed by atoms with Gasteiger partial charge in [-0.05, 0) is 12.8 Å². The summed E-state index contributed by atoms with van der Waals surface area (Å²) >= 11 is 0. The second-order valence-corrected chi connectivity index (χ2v) is 10.1. The Morgan fingerprint density at radius 1 is 0.424 bits per heavy atom. The molecule has 3 nitrogen and oxygen atoms in total. The van der Waals surface area contributed by atoms with Gasteiger partial charge in [0, 0.05) is 6.42 Å². The lowest BCUT2D eigenvalue weighted by Gasteiger charge is -2.06. The van der Waals surface area contributed by atoms with E-state index < -0.39 is 0 Å². The quantitative estimate of drug-likeness (QED) is 0.0960. The van der Waals surface area contributed by atoms with Crippen molar-refractivity contribution in [2.75, 3.05) is 6.61 Å². The monoisotopic (exact) mass is 469 g/mol. The molecule has 200 valence electrons. The summed E-state index contributed by atoms with van der Waals surface area (Å²) in [6, 6.07) is 0. The minimum absolute atomic E-state index is 0. The molecule has 0 aliphatic rings.